The highest BCUT2D eigenvalue weighted by atomic mass is 15.1. The number of para-hydroxylation sites is 5. The van der Waals surface area contributed by atoms with Crippen molar-refractivity contribution < 1.29 is 0 Å². The molecule has 0 spiro atoms. The van der Waals surface area contributed by atoms with Gasteiger partial charge in [-0.05, 0) is 92.4 Å². The summed E-state index contributed by atoms with van der Waals surface area (Å²) in [6, 6.07) is 70.1. The first-order valence-electron chi connectivity index (χ1n) is 23.8. The molecule has 0 N–H and O–H groups in total. The Labute approximate surface area is 399 Å². The van der Waals surface area contributed by atoms with E-state index in [-0.39, 0.29) is 0 Å². The third-order valence-corrected chi connectivity index (χ3v) is 13.9. The summed E-state index contributed by atoms with van der Waals surface area (Å²) in [6.45, 7) is 4.07. The molecule has 8 aromatic carbocycles. The normalized spacial score (nSPS) is 13.6. The lowest BCUT2D eigenvalue weighted by molar-refractivity contribution is 0.948. The van der Waals surface area contributed by atoms with E-state index in [4.69, 9.17) is 15.0 Å². The van der Waals surface area contributed by atoms with Gasteiger partial charge in [-0.2, -0.15) is 0 Å². The molecular formula is C63H46N6. The van der Waals surface area contributed by atoms with Gasteiger partial charge in [0.2, 0.25) is 0 Å². The first kappa shape index (κ1) is 40.4. The summed E-state index contributed by atoms with van der Waals surface area (Å²) in [7, 11) is 0. The second kappa shape index (κ2) is 16.5. The highest BCUT2D eigenvalue weighted by Crippen LogP contribution is 2.46. The third-order valence-electron chi connectivity index (χ3n) is 13.9. The van der Waals surface area contributed by atoms with Crippen molar-refractivity contribution in [2.24, 2.45) is 0 Å². The lowest BCUT2D eigenvalue weighted by atomic mass is 9.97. The van der Waals surface area contributed by atoms with Crippen molar-refractivity contribution in [2.45, 2.75) is 26.7 Å². The molecule has 6 heteroatoms. The van der Waals surface area contributed by atoms with Gasteiger partial charge in [0, 0.05) is 54.7 Å². The summed E-state index contributed by atoms with van der Waals surface area (Å²) < 4.78 is 7.35. The van der Waals surface area contributed by atoms with E-state index in [0.29, 0.717) is 17.5 Å². The van der Waals surface area contributed by atoms with Gasteiger partial charge in [0.1, 0.15) is 0 Å². The Morgan fingerprint density at radius 2 is 0.957 bits per heavy atom. The number of rotatable bonds is 8. The molecule has 0 aliphatic heterocycles. The van der Waals surface area contributed by atoms with Gasteiger partial charge in [-0.3, -0.25) is 0 Å². The standard InChI is InChI=1S/C63H46N6/c1-3-20-41(4-2)61-64-62(42-21-7-5-8-22-42)66-63(65-61)51-29-19-34-58(60(51)69-55-32-17-12-25-46(55)47-26-13-18-33-56(47)69)68-54-31-16-14-28-49(54)52-39-43(36-38-57(52)68)44-35-37-50-48-27-11-15-30-53(48)67(59(50)40-44)45-23-9-6-10-24-45/h3-18,20-28,30-40H,19,29H2,1-2H3/b20-3-,41-4+. The van der Waals surface area contributed by atoms with Gasteiger partial charge in [0.05, 0.1) is 44.5 Å². The Balaban J connectivity index is 1.07. The summed E-state index contributed by atoms with van der Waals surface area (Å²) in [4.78, 5) is 15.9. The van der Waals surface area contributed by atoms with Crippen molar-refractivity contribution in [1.29, 1.82) is 0 Å². The highest BCUT2D eigenvalue weighted by molar-refractivity contribution is 6.20. The zero-order valence-electron chi connectivity index (χ0n) is 38.4. The van der Waals surface area contributed by atoms with Crippen LogP contribution in [0.3, 0.4) is 0 Å². The summed E-state index contributed by atoms with van der Waals surface area (Å²) >= 11 is 0. The summed E-state index contributed by atoms with van der Waals surface area (Å²) in [5, 5.41) is 7.28. The van der Waals surface area contributed by atoms with Crippen molar-refractivity contribution in [1.82, 2.24) is 28.7 Å². The maximum Gasteiger partial charge on any atom is 0.164 e. The maximum absolute atomic E-state index is 5.39. The fourth-order valence-corrected chi connectivity index (χ4v) is 10.8. The Morgan fingerprint density at radius 3 is 1.61 bits per heavy atom. The quantitative estimate of drug-likeness (QED) is 0.143. The number of hydrogen-bond acceptors (Lipinski definition) is 3. The highest BCUT2D eigenvalue weighted by Gasteiger charge is 2.29. The molecule has 6 nitrogen and oxygen atoms in total. The van der Waals surface area contributed by atoms with Crippen LogP contribution in [0.4, 0.5) is 0 Å². The van der Waals surface area contributed by atoms with Gasteiger partial charge >= 0.3 is 0 Å². The first-order valence-corrected chi connectivity index (χ1v) is 23.8. The monoisotopic (exact) mass is 886 g/mol. The fourth-order valence-electron chi connectivity index (χ4n) is 10.8. The van der Waals surface area contributed by atoms with Crippen LogP contribution in [0.2, 0.25) is 0 Å². The van der Waals surface area contributed by atoms with Crippen LogP contribution in [0.15, 0.2) is 218 Å². The first-order chi connectivity index (χ1) is 34.2. The van der Waals surface area contributed by atoms with E-state index in [1.807, 2.05) is 38.1 Å². The van der Waals surface area contributed by atoms with Crippen LogP contribution in [0.1, 0.15) is 38.3 Å². The topological polar surface area (TPSA) is 53.5 Å². The molecule has 0 bridgehead atoms. The average Bonchev–Trinajstić information content (AvgIpc) is 4.05. The molecule has 4 aromatic heterocycles. The van der Waals surface area contributed by atoms with Crippen molar-refractivity contribution in [3.63, 3.8) is 0 Å². The average molecular weight is 887 g/mol. The van der Waals surface area contributed by atoms with Crippen molar-refractivity contribution >= 4 is 88.0 Å². The third kappa shape index (κ3) is 6.51. The molecule has 328 valence electrons. The maximum atomic E-state index is 5.39. The van der Waals surface area contributed by atoms with E-state index >= 15 is 0 Å². The van der Waals surface area contributed by atoms with Crippen LogP contribution in [0.5, 0.6) is 0 Å². The molecule has 69 heavy (non-hydrogen) atoms. The zero-order valence-corrected chi connectivity index (χ0v) is 38.4. The molecule has 0 saturated heterocycles. The van der Waals surface area contributed by atoms with Gasteiger partial charge in [0.15, 0.2) is 17.5 Å². The largest absolute Gasteiger partial charge is 0.309 e. The van der Waals surface area contributed by atoms with E-state index in [9.17, 15) is 0 Å². The van der Waals surface area contributed by atoms with E-state index in [1.165, 1.54) is 54.5 Å². The molecule has 0 amide bonds. The molecule has 13 rings (SSSR count). The Hall–Kier alpha value is -8.87. The van der Waals surface area contributed by atoms with Gasteiger partial charge in [0.25, 0.3) is 0 Å². The smallest absolute Gasteiger partial charge is 0.164 e. The van der Waals surface area contributed by atoms with Crippen LogP contribution in [0.25, 0.3) is 116 Å². The molecule has 0 fully saturated rings. The lowest BCUT2D eigenvalue weighted by Crippen LogP contribution is -2.14. The molecular weight excluding hydrogens is 841 g/mol. The van der Waals surface area contributed by atoms with E-state index < -0.39 is 0 Å². The van der Waals surface area contributed by atoms with Gasteiger partial charge in [-0.25, -0.2) is 15.0 Å². The minimum Gasteiger partial charge on any atom is -0.309 e. The number of aromatic nitrogens is 6. The summed E-state index contributed by atoms with van der Waals surface area (Å²) in [6.07, 6.45) is 10.2. The second-order valence-electron chi connectivity index (χ2n) is 17.7. The number of allylic oxidation sites excluding steroid dienone is 8. The molecule has 0 unspecified atom stereocenters. The van der Waals surface area contributed by atoms with Crippen molar-refractivity contribution in [3.05, 3.63) is 230 Å². The Bertz CT molecular complexity index is 4090. The van der Waals surface area contributed by atoms with E-state index in [1.54, 1.807) is 0 Å². The number of benzene rings is 8. The van der Waals surface area contributed by atoms with E-state index in [2.05, 4.69) is 208 Å². The van der Waals surface area contributed by atoms with Gasteiger partial charge < -0.3 is 13.7 Å². The van der Waals surface area contributed by atoms with Gasteiger partial charge in [-0.1, -0.05) is 164 Å². The van der Waals surface area contributed by atoms with Crippen LogP contribution in [-0.4, -0.2) is 28.7 Å². The van der Waals surface area contributed by atoms with Crippen molar-refractivity contribution in [2.75, 3.05) is 0 Å². The molecule has 0 atom stereocenters. The van der Waals surface area contributed by atoms with Gasteiger partial charge in [-0.15, -0.1) is 0 Å². The minimum absolute atomic E-state index is 0.649. The van der Waals surface area contributed by atoms with Crippen LogP contribution < -0.4 is 0 Å². The predicted octanol–water partition coefficient (Wildman–Crippen LogP) is 16.2. The Morgan fingerprint density at radius 1 is 0.435 bits per heavy atom. The summed E-state index contributed by atoms with van der Waals surface area (Å²) in [5.41, 5.74) is 15.5. The fraction of sp³-hybridized carbons (Fsp3) is 0.0635. The summed E-state index contributed by atoms with van der Waals surface area (Å²) in [5.74, 6) is 1.98. The predicted molar refractivity (Wildman–Crippen MR) is 289 cm³/mol. The minimum atomic E-state index is 0.649. The number of hydrogen-bond donors (Lipinski definition) is 0. The van der Waals surface area contributed by atoms with Crippen LogP contribution >= 0.6 is 0 Å². The SMILES string of the molecule is C/C=C\C(=C/C)c1nc(C2=C(n3c4ccccc4c4ccccc43)C(n3c4ccccc4c4cc(-c5ccc6c7ccccc7n(-c7ccccc7)c6c5)ccc43)=CCC2)nc(-c2ccccc2)n1. The van der Waals surface area contributed by atoms with Crippen LogP contribution in [0, 0.1) is 0 Å². The van der Waals surface area contributed by atoms with Crippen molar-refractivity contribution in [3.8, 4) is 28.2 Å². The molecule has 4 heterocycles. The molecule has 0 radical (unpaired) electrons. The van der Waals surface area contributed by atoms with Crippen LogP contribution in [-0.2, 0) is 0 Å². The molecule has 1 aliphatic rings. The molecule has 0 saturated carbocycles. The Kier molecular flexibility index (Phi) is 9.65. The lowest BCUT2D eigenvalue weighted by Gasteiger charge is -2.26. The molecule has 1 aliphatic carbocycles. The number of nitrogens with zero attached hydrogens (tertiary/aromatic N) is 6. The van der Waals surface area contributed by atoms with E-state index in [0.717, 1.165) is 68.7 Å². The second-order valence-corrected chi connectivity index (χ2v) is 17.7. The zero-order chi connectivity index (χ0) is 46.0. The number of fused-ring (bicyclic) bond motifs is 9. The molecule has 12 aromatic rings.